The molecule has 0 unspecified atom stereocenters. The first-order chi connectivity index (χ1) is 24.6. The molecule has 0 N–H and O–H groups in total. The number of benzene rings is 3. The first-order valence-corrected chi connectivity index (χ1v) is 19.6. The highest BCUT2D eigenvalue weighted by Gasteiger charge is 2.12. The molecule has 3 aromatic carbocycles. The number of rotatable bonds is 28. The number of hydrogen-bond donors (Lipinski definition) is 0. The van der Waals surface area contributed by atoms with Crippen LogP contribution in [0.4, 0.5) is 0 Å². The summed E-state index contributed by atoms with van der Waals surface area (Å²) in [5.74, 6) is 1.28. The van der Waals surface area contributed by atoms with Crippen LogP contribution in [0.25, 0.3) is 0 Å². The predicted octanol–water partition coefficient (Wildman–Crippen LogP) is 12.7. The Labute approximate surface area is 302 Å². The summed E-state index contributed by atoms with van der Waals surface area (Å²) in [5.41, 5.74) is 0.866. The number of ether oxygens (including phenoxy) is 4. The van der Waals surface area contributed by atoms with Crippen molar-refractivity contribution in [2.75, 3.05) is 13.2 Å². The standard InChI is InChI=1S/C44H62O6/c1-3-5-7-9-11-13-15-17-19-21-35-47-39-27-23-37(24-28-39)43(45)49-41-31-33-42(34-32-41)50-44(46)38-25-29-40(30-26-38)48-36-22-20-18-16-14-12-10-8-6-4-2/h23-34H,3-22,35-36H2,1-2H3. The molecule has 0 bridgehead atoms. The van der Waals surface area contributed by atoms with Crippen LogP contribution in [-0.2, 0) is 0 Å². The molecule has 0 aliphatic heterocycles. The average molecular weight is 687 g/mol. The summed E-state index contributed by atoms with van der Waals surface area (Å²) in [7, 11) is 0. The summed E-state index contributed by atoms with van der Waals surface area (Å²) in [6, 6.07) is 20.5. The van der Waals surface area contributed by atoms with E-state index in [2.05, 4.69) is 13.8 Å². The first kappa shape index (κ1) is 40.6. The van der Waals surface area contributed by atoms with Crippen molar-refractivity contribution in [3.63, 3.8) is 0 Å². The molecule has 0 aliphatic carbocycles. The van der Waals surface area contributed by atoms with Gasteiger partial charge in [-0.25, -0.2) is 9.59 Å². The van der Waals surface area contributed by atoms with E-state index in [1.807, 2.05) is 0 Å². The van der Waals surface area contributed by atoms with Crippen LogP contribution < -0.4 is 18.9 Å². The summed E-state index contributed by atoms with van der Waals surface area (Å²) in [4.78, 5) is 25.3. The third-order valence-electron chi connectivity index (χ3n) is 8.96. The molecule has 0 saturated carbocycles. The zero-order valence-corrected chi connectivity index (χ0v) is 30.9. The maximum atomic E-state index is 12.7. The molecule has 0 heterocycles. The Hall–Kier alpha value is -3.80. The van der Waals surface area contributed by atoms with Gasteiger partial charge in [-0.3, -0.25) is 0 Å². The van der Waals surface area contributed by atoms with Crippen LogP contribution >= 0.6 is 0 Å². The van der Waals surface area contributed by atoms with E-state index in [9.17, 15) is 9.59 Å². The number of esters is 2. The van der Waals surface area contributed by atoms with E-state index in [0.717, 1.165) is 24.3 Å². The maximum absolute atomic E-state index is 12.7. The maximum Gasteiger partial charge on any atom is 0.343 e. The highest BCUT2D eigenvalue weighted by molar-refractivity contribution is 5.92. The van der Waals surface area contributed by atoms with Gasteiger partial charge >= 0.3 is 11.9 Å². The highest BCUT2D eigenvalue weighted by atomic mass is 16.5. The van der Waals surface area contributed by atoms with Gasteiger partial charge in [0.2, 0.25) is 0 Å². The van der Waals surface area contributed by atoms with Gasteiger partial charge in [0.1, 0.15) is 23.0 Å². The fraction of sp³-hybridized carbons (Fsp3) is 0.545. The fourth-order valence-corrected chi connectivity index (χ4v) is 5.84. The van der Waals surface area contributed by atoms with E-state index >= 15 is 0 Å². The summed E-state index contributed by atoms with van der Waals surface area (Å²) in [5, 5.41) is 0. The third kappa shape index (κ3) is 17.7. The van der Waals surface area contributed by atoms with Crippen molar-refractivity contribution in [3.05, 3.63) is 83.9 Å². The van der Waals surface area contributed by atoms with Crippen molar-refractivity contribution in [1.82, 2.24) is 0 Å². The SMILES string of the molecule is CCCCCCCCCCCCOc1ccc(C(=O)Oc2ccc(OC(=O)c3ccc(OCCCCCCCCCCCC)cc3)cc2)cc1. The largest absolute Gasteiger partial charge is 0.494 e. The Morgan fingerprint density at radius 1 is 0.360 bits per heavy atom. The predicted molar refractivity (Wildman–Crippen MR) is 204 cm³/mol. The normalized spacial score (nSPS) is 10.9. The number of carbonyl (C=O) groups excluding carboxylic acids is 2. The van der Waals surface area contributed by atoms with E-state index in [0.29, 0.717) is 35.8 Å². The quantitative estimate of drug-likeness (QED) is 0.0430. The zero-order chi connectivity index (χ0) is 35.5. The molecule has 0 aliphatic rings. The minimum absolute atomic E-state index is 0.361. The van der Waals surface area contributed by atoms with Gasteiger partial charge < -0.3 is 18.9 Å². The molecule has 3 rings (SSSR count). The van der Waals surface area contributed by atoms with E-state index < -0.39 is 11.9 Å². The summed E-state index contributed by atoms with van der Waals surface area (Å²) >= 11 is 0. The van der Waals surface area contributed by atoms with Crippen LogP contribution in [0.2, 0.25) is 0 Å². The Balaban J connectivity index is 1.27. The number of carbonyl (C=O) groups is 2. The third-order valence-corrected chi connectivity index (χ3v) is 8.96. The Morgan fingerprint density at radius 3 is 0.920 bits per heavy atom. The van der Waals surface area contributed by atoms with Crippen molar-refractivity contribution < 1.29 is 28.5 Å². The molecule has 6 heteroatoms. The Kier molecular flexibility index (Phi) is 21.2. The van der Waals surface area contributed by atoms with Crippen LogP contribution in [0.1, 0.15) is 163 Å². The Morgan fingerprint density at radius 2 is 0.620 bits per heavy atom. The van der Waals surface area contributed by atoms with Crippen LogP contribution in [0.5, 0.6) is 23.0 Å². The second kappa shape index (κ2) is 26.1. The molecule has 50 heavy (non-hydrogen) atoms. The van der Waals surface area contributed by atoms with Gasteiger partial charge in [-0.1, -0.05) is 129 Å². The molecular formula is C44H62O6. The summed E-state index contributed by atoms with van der Waals surface area (Å²) in [6.07, 6.45) is 25.8. The molecule has 274 valence electrons. The van der Waals surface area contributed by atoms with Crippen molar-refractivity contribution >= 4 is 11.9 Å². The van der Waals surface area contributed by atoms with E-state index in [4.69, 9.17) is 18.9 Å². The lowest BCUT2D eigenvalue weighted by atomic mass is 10.1. The monoisotopic (exact) mass is 686 g/mol. The molecule has 0 saturated heterocycles. The van der Waals surface area contributed by atoms with Crippen LogP contribution in [-0.4, -0.2) is 25.2 Å². The lowest BCUT2D eigenvalue weighted by Gasteiger charge is -2.09. The van der Waals surface area contributed by atoms with E-state index in [-0.39, 0.29) is 0 Å². The number of unbranched alkanes of at least 4 members (excludes halogenated alkanes) is 18. The van der Waals surface area contributed by atoms with Crippen LogP contribution in [0.15, 0.2) is 72.8 Å². The lowest BCUT2D eigenvalue weighted by molar-refractivity contribution is 0.0719. The lowest BCUT2D eigenvalue weighted by Crippen LogP contribution is -2.09. The zero-order valence-electron chi connectivity index (χ0n) is 30.9. The molecule has 0 spiro atoms. The van der Waals surface area contributed by atoms with Crippen LogP contribution in [0, 0.1) is 0 Å². The molecule has 0 fully saturated rings. The smallest absolute Gasteiger partial charge is 0.343 e. The van der Waals surface area contributed by atoms with Gasteiger partial charge in [0.25, 0.3) is 0 Å². The summed E-state index contributed by atoms with van der Waals surface area (Å²) in [6.45, 7) is 5.86. The van der Waals surface area contributed by atoms with Crippen molar-refractivity contribution in [2.24, 2.45) is 0 Å². The molecule has 0 aromatic heterocycles. The molecule has 0 amide bonds. The molecule has 3 aromatic rings. The molecular weight excluding hydrogens is 624 g/mol. The van der Waals surface area contributed by atoms with Crippen molar-refractivity contribution in [3.8, 4) is 23.0 Å². The van der Waals surface area contributed by atoms with Gasteiger partial charge in [-0.15, -0.1) is 0 Å². The second-order valence-electron chi connectivity index (χ2n) is 13.4. The fourth-order valence-electron chi connectivity index (χ4n) is 5.84. The van der Waals surface area contributed by atoms with Gasteiger partial charge in [0, 0.05) is 0 Å². The van der Waals surface area contributed by atoms with Gasteiger partial charge in [0.15, 0.2) is 0 Å². The first-order valence-electron chi connectivity index (χ1n) is 19.6. The highest BCUT2D eigenvalue weighted by Crippen LogP contribution is 2.22. The molecule has 0 atom stereocenters. The van der Waals surface area contributed by atoms with Gasteiger partial charge in [-0.2, -0.15) is 0 Å². The minimum Gasteiger partial charge on any atom is -0.494 e. The van der Waals surface area contributed by atoms with E-state index in [1.165, 1.54) is 116 Å². The number of hydrogen-bond acceptors (Lipinski definition) is 6. The average Bonchev–Trinajstić information content (AvgIpc) is 3.14. The minimum atomic E-state index is -0.466. The second-order valence-corrected chi connectivity index (χ2v) is 13.4. The van der Waals surface area contributed by atoms with Crippen molar-refractivity contribution in [1.29, 1.82) is 0 Å². The molecule has 6 nitrogen and oxygen atoms in total. The van der Waals surface area contributed by atoms with Crippen LogP contribution in [0.3, 0.4) is 0 Å². The topological polar surface area (TPSA) is 71.1 Å². The van der Waals surface area contributed by atoms with E-state index in [1.54, 1.807) is 72.8 Å². The molecule has 0 radical (unpaired) electrons. The van der Waals surface area contributed by atoms with Gasteiger partial charge in [-0.05, 0) is 85.6 Å². The summed E-state index contributed by atoms with van der Waals surface area (Å²) < 4.78 is 22.7. The Bertz CT molecular complexity index is 1200. The van der Waals surface area contributed by atoms with Gasteiger partial charge in [0.05, 0.1) is 24.3 Å². The van der Waals surface area contributed by atoms with Crippen molar-refractivity contribution in [2.45, 2.75) is 142 Å².